The van der Waals surface area contributed by atoms with Gasteiger partial charge in [-0.2, -0.15) is 0 Å². The number of para-hydroxylation sites is 1. The topological polar surface area (TPSA) is 102 Å². The fourth-order valence-electron chi connectivity index (χ4n) is 3.16. The van der Waals surface area contributed by atoms with Crippen LogP contribution in [0.4, 0.5) is 0 Å². The molecule has 32 heavy (non-hydrogen) atoms. The maximum absolute atomic E-state index is 12.3. The van der Waals surface area contributed by atoms with Crippen molar-refractivity contribution >= 4 is 23.6 Å². The molecule has 9 heteroatoms. The second-order valence-electron chi connectivity index (χ2n) is 6.96. The van der Waals surface area contributed by atoms with E-state index in [4.69, 9.17) is 4.42 Å². The molecular formula is C23H21N5O3S. The van der Waals surface area contributed by atoms with Crippen LogP contribution in [0.1, 0.15) is 21.9 Å². The lowest BCUT2D eigenvalue weighted by molar-refractivity contribution is -0.119. The average molecular weight is 448 g/mol. The van der Waals surface area contributed by atoms with Crippen LogP contribution in [0.25, 0.3) is 17.1 Å². The zero-order valence-corrected chi connectivity index (χ0v) is 18.3. The van der Waals surface area contributed by atoms with Crippen molar-refractivity contribution in [2.24, 2.45) is 0 Å². The average Bonchev–Trinajstić information content (AvgIpc) is 3.39. The number of carbonyl (C=O) groups is 2. The molecule has 162 valence electrons. The lowest BCUT2D eigenvalue weighted by Gasteiger charge is -2.10. The third-order valence-corrected chi connectivity index (χ3v) is 5.54. The van der Waals surface area contributed by atoms with Gasteiger partial charge in [0.15, 0.2) is 11.0 Å². The SMILES string of the molecule is Cc1cc(C(=O)NNC(=O)CSc2nnc(-c3ccccc3)n2-c2ccccc2)c(C)o1. The van der Waals surface area contributed by atoms with Crippen molar-refractivity contribution < 1.29 is 14.0 Å². The molecule has 2 aromatic carbocycles. The van der Waals surface area contributed by atoms with E-state index >= 15 is 0 Å². The van der Waals surface area contributed by atoms with E-state index in [-0.39, 0.29) is 11.7 Å². The highest BCUT2D eigenvalue weighted by Crippen LogP contribution is 2.27. The quantitative estimate of drug-likeness (QED) is 0.345. The monoisotopic (exact) mass is 447 g/mol. The lowest BCUT2D eigenvalue weighted by atomic mass is 10.2. The third kappa shape index (κ3) is 4.73. The van der Waals surface area contributed by atoms with E-state index in [0.29, 0.717) is 28.1 Å². The second-order valence-corrected chi connectivity index (χ2v) is 7.90. The van der Waals surface area contributed by atoms with Gasteiger partial charge in [-0.3, -0.25) is 25.0 Å². The minimum Gasteiger partial charge on any atom is -0.466 e. The molecule has 0 radical (unpaired) electrons. The molecule has 2 amide bonds. The van der Waals surface area contributed by atoms with E-state index in [1.165, 1.54) is 11.8 Å². The Labute approximate surface area is 189 Å². The number of rotatable bonds is 6. The normalized spacial score (nSPS) is 10.7. The number of nitrogens with zero attached hydrogens (tertiary/aromatic N) is 3. The third-order valence-electron chi connectivity index (χ3n) is 4.61. The molecular weight excluding hydrogens is 426 g/mol. The summed E-state index contributed by atoms with van der Waals surface area (Å²) in [6.45, 7) is 3.45. The number of thioether (sulfide) groups is 1. The summed E-state index contributed by atoms with van der Waals surface area (Å²) in [5.41, 5.74) is 7.02. The molecule has 2 aromatic heterocycles. The van der Waals surface area contributed by atoms with Gasteiger partial charge in [0.25, 0.3) is 5.91 Å². The first-order chi connectivity index (χ1) is 15.5. The Hall–Kier alpha value is -3.85. The summed E-state index contributed by atoms with van der Waals surface area (Å²) in [6, 6.07) is 21.1. The summed E-state index contributed by atoms with van der Waals surface area (Å²) in [7, 11) is 0. The summed E-state index contributed by atoms with van der Waals surface area (Å²) < 4.78 is 7.25. The number of aromatic nitrogens is 3. The Balaban J connectivity index is 1.46. The zero-order chi connectivity index (χ0) is 22.5. The van der Waals surface area contributed by atoms with E-state index in [1.54, 1.807) is 19.9 Å². The number of benzene rings is 2. The number of carbonyl (C=O) groups excluding carboxylic acids is 2. The molecule has 2 heterocycles. The first-order valence-corrected chi connectivity index (χ1v) is 10.9. The molecule has 0 saturated heterocycles. The first kappa shape index (κ1) is 21.4. The van der Waals surface area contributed by atoms with Gasteiger partial charge in [0.05, 0.1) is 11.3 Å². The number of hydrogen-bond acceptors (Lipinski definition) is 6. The van der Waals surface area contributed by atoms with Gasteiger partial charge in [0.1, 0.15) is 11.5 Å². The summed E-state index contributed by atoms with van der Waals surface area (Å²) in [5.74, 6) is 1.04. The van der Waals surface area contributed by atoms with Gasteiger partial charge in [-0.05, 0) is 32.0 Å². The number of hydrazine groups is 1. The number of hydrogen-bond donors (Lipinski definition) is 2. The van der Waals surface area contributed by atoms with Gasteiger partial charge in [-0.15, -0.1) is 10.2 Å². The first-order valence-electron chi connectivity index (χ1n) is 9.88. The molecule has 0 aliphatic rings. The summed E-state index contributed by atoms with van der Waals surface area (Å²) >= 11 is 1.23. The van der Waals surface area contributed by atoms with Crippen LogP contribution in [0.15, 0.2) is 76.3 Å². The smallest absolute Gasteiger partial charge is 0.273 e. The Morgan fingerprint density at radius 2 is 1.66 bits per heavy atom. The van der Waals surface area contributed by atoms with Crippen LogP contribution in [0.2, 0.25) is 0 Å². The van der Waals surface area contributed by atoms with Crippen molar-refractivity contribution in [3.8, 4) is 17.1 Å². The Morgan fingerprint density at radius 1 is 0.969 bits per heavy atom. The maximum atomic E-state index is 12.3. The molecule has 2 N–H and O–H groups in total. The van der Waals surface area contributed by atoms with Gasteiger partial charge in [-0.1, -0.05) is 60.3 Å². The van der Waals surface area contributed by atoms with Crippen molar-refractivity contribution in [1.29, 1.82) is 0 Å². The van der Waals surface area contributed by atoms with Crippen LogP contribution in [0.3, 0.4) is 0 Å². The van der Waals surface area contributed by atoms with Crippen molar-refractivity contribution in [2.75, 3.05) is 5.75 Å². The predicted molar refractivity (Wildman–Crippen MR) is 121 cm³/mol. The summed E-state index contributed by atoms with van der Waals surface area (Å²) in [4.78, 5) is 24.6. The van der Waals surface area contributed by atoms with Crippen LogP contribution in [0, 0.1) is 13.8 Å². The van der Waals surface area contributed by atoms with Gasteiger partial charge >= 0.3 is 0 Å². The largest absolute Gasteiger partial charge is 0.466 e. The van der Waals surface area contributed by atoms with Crippen molar-refractivity contribution in [3.05, 3.63) is 83.8 Å². The number of aryl methyl sites for hydroxylation is 2. The fraction of sp³-hybridized carbons (Fsp3) is 0.130. The van der Waals surface area contributed by atoms with E-state index in [0.717, 1.165) is 11.3 Å². The number of furan rings is 1. The molecule has 8 nitrogen and oxygen atoms in total. The number of nitrogens with one attached hydrogen (secondary N) is 2. The summed E-state index contributed by atoms with van der Waals surface area (Å²) in [6.07, 6.45) is 0. The Kier molecular flexibility index (Phi) is 6.37. The zero-order valence-electron chi connectivity index (χ0n) is 17.5. The standard InChI is InChI=1S/C23H21N5O3S/c1-15-13-19(16(2)31-15)22(30)26-24-20(29)14-32-23-27-25-21(17-9-5-3-6-10-17)28(23)18-11-7-4-8-12-18/h3-13H,14H2,1-2H3,(H,24,29)(H,26,30). The Morgan fingerprint density at radius 3 is 2.31 bits per heavy atom. The molecule has 0 aliphatic heterocycles. The Bertz CT molecular complexity index is 1240. The second kappa shape index (κ2) is 9.52. The molecule has 0 atom stereocenters. The highest BCUT2D eigenvalue weighted by Gasteiger charge is 2.18. The van der Waals surface area contributed by atoms with E-state index in [1.807, 2.05) is 65.2 Å². The van der Waals surface area contributed by atoms with E-state index in [2.05, 4.69) is 21.0 Å². The fourth-order valence-corrected chi connectivity index (χ4v) is 3.92. The minimum absolute atomic E-state index is 0.0451. The molecule has 0 saturated carbocycles. The molecule has 0 fully saturated rings. The van der Waals surface area contributed by atoms with Crippen LogP contribution >= 0.6 is 11.8 Å². The molecule has 4 aromatic rings. The molecule has 0 aliphatic carbocycles. The summed E-state index contributed by atoms with van der Waals surface area (Å²) in [5, 5.41) is 9.21. The predicted octanol–water partition coefficient (Wildman–Crippen LogP) is 3.70. The van der Waals surface area contributed by atoms with Crippen LogP contribution in [0.5, 0.6) is 0 Å². The molecule has 0 spiro atoms. The van der Waals surface area contributed by atoms with Crippen molar-refractivity contribution in [2.45, 2.75) is 19.0 Å². The molecule has 0 bridgehead atoms. The van der Waals surface area contributed by atoms with E-state index < -0.39 is 5.91 Å². The molecule has 0 unspecified atom stereocenters. The van der Waals surface area contributed by atoms with Crippen LogP contribution in [-0.4, -0.2) is 32.3 Å². The van der Waals surface area contributed by atoms with Crippen molar-refractivity contribution in [3.63, 3.8) is 0 Å². The van der Waals surface area contributed by atoms with Crippen LogP contribution < -0.4 is 10.9 Å². The highest BCUT2D eigenvalue weighted by molar-refractivity contribution is 7.99. The van der Waals surface area contributed by atoms with Crippen LogP contribution in [-0.2, 0) is 4.79 Å². The van der Waals surface area contributed by atoms with Gasteiger partial charge in [-0.25, -0.2) is 0 Å². The number of amides is 2. The maximum Gasteiger partial charge on any atom is 0.273 e. The highest BCUT2D eigenvalue weighted by atomic mass is 32.2. The minimum atomic E-state index is -0.434. The van der Waals surface area contributed by atoms with E-state index in [9.17, 15) is 9.59 Å². The van der Waals surface area contributed by atoms with Crippen molar-refractivity contribution in [1.82, 2.24) is 25.6 Å². The van der Waals surface area contributed by atoms with Gasteiger partial charge in [0.2, 0.25) is 5.91 Å². The van der Waals surface area contributed by atoms with Gasteiger partial charge in [0, 0.05) is 11.3 Å². The van der Waals surface area contributed by atoms with Gasteiger partial charge < -0.3 is 4.42 Å². The molecule has 4 rings (SSSR count). The lowest BCUT2D eigenvalue weighted by Crippen LogP contribution is -2.42.